The van der Waals surface area contributed by atoms with Gasteiger partial charge in [-0.3, -0.25) is 10.6 Å². The van der Waals surface area contributed by atoms with Crippen LogP contribution in [0.15, 0.2) is 18.2 Å². The molecule has 6 heteroatoms. The van der Waals surface area contributed by atoms with Gasteiger partial charge in [0.15, 0.2) is 0 Å². The van der Waals surface area contributed by atoms with E-state index in [0.717, 1.165) is 25.9 Å². The van der Waals surface area contributed by atoms with Gasteiger partial charge in [0.25, 0.3) is 5.91 Å². The van der Waals surface area contributed by atoms with Crippen LogP contribution in [0, 0.1) is 0 Å². The molecule has 1 heterocycles. The van der Waals surface area contributed by atoms with Crippen LogP contribution in [-0.4, -0.2) is 35.4 Å². The number of nitrogens with zero attached hydrogens (tertiary/aromatic N) is 1. The number of carbonyl (C=O) groups excluding carboxylic acids is 1. The summed E-state index contributed by atoms with van der Waals surface area (Å²) in [5.74, 6) is 5.48. The molecule has 1 amide bonds. The molecule has 1 fully saturated rings. The minimum Gasteiger partial charge on any atom is -0.339 e. The van der Waals surface area contributed by atoms with E-state index in [1.807, 2.05) is 16.7 Å². The van der Waals surface area contributed by atoms with E-state index in [9.17, 15) is 4.79 Å². The second-order valence-electron chi connectivity index (χ2n) is 4.92. The zero-order valence-corrected chi connectivity index (χ0v) is 13.1. The molecule has 1 aliphatic rings. The number of benzene rings is 1. The van der Waals surface area contributed by atoms with E-state index in [4.69, 9.17) is 17.4 Å². The van der Waals surface area contributed by atoms with Crippen molar-refractivity contribution in [2.75, 3.05) is 24.8 Å². The Morgan fingerprint density at radius 1 is 1.45 bits per heavy atom. The molecule has 4 nitrogen and oxygen atoms in total. The van der Waals surface area contributed by atoms with Gasteiger partial charge in [0.2, 0.25) is 0 Å². The van der Waals surface area contributed by atoms with Crippen molar-refractivity contribution >= 4 is 35.0 Å². The number of hydrogen-bond donors (Lipinski definition) is 2. The third-order valence-electron chi connectivity index (χ3n) is 3.66. The fourth-order valence-corrected chi connectivity index (χ4v) is 3.41. The van der Waals surface area contributed by atoms with Crippen LogP contribution in [0.3, 0.4) is 0 Å². The Kier molecular flexibility index (Phi) is 5.57. The van der Waals surface area contributed by atoms with Crippen molar-refractivity contribution in [1.82, 2.24) is 4.90 Å². The second-order valence-corrected chi connectivity index (χ2v) is 6.49. The highest BCUT2D eigenvalue weighted by Crippen LogP contribution is 2.25. The predicted octanol–water partition coefficient (Wildman–Crippen LogP) is 2.98. The fraction of sp³-hybridized carbons (Fsp3) is 0.500. The van der Waals surface area contributed by atoms with Gasteiger partial charge in [-0.05, 0) is 43.7 Å². The van der Waals surface area contributed by atoms with Crippen LogP contribution in [-0.2, 0) is 0 Å². The standard InChI is InChI=1S/C14H20ClN3OS/c1-20-11-3-2-7-18(8-6-11)14(19)12-9-10(15)4-5-13(12)17-16/h4-5,9,11,17H,2-3,6-8,16H2,1H3. The number of halogens is 1. The minimum absolute atomic E-state index is 0.00204. The van der Waals surface area contributed by atoms with E-state index >= 15 is 0 Å². The molecule has 1 aromatic rings. The van der Waals surface area contributed by atoms with E-state index < -0.39 is 0 Å². The lowest BCUT2D eigenvalue weighted by Crippen LogP contribution is -2.33. The second kappa shape index (κ2) is 7.20. The van der Waals surface area contributed by atoms with Gasteiger partial charge in [-0.1, -0.05) is 11.6 Å². The maximum absolute atomic E-state index is 12.6. The molecular formula is C14H20ClN3OS. The quantitative estimate of drug-likeness (QED) is 0.665. The number of thioether (sulfide) groups is 1. The molecule has 0 bridgehead atoms. The first-order valence-corrected chi connectivity index (χ1v) is 8.40. The molecule has 0 radical (unpaired) electrons. The SMILES string of the molecule is CSC1CCCN(C(=O)c2cc(Cl)ccc2NN)CC1. The van der Waals surface area contributed by atoms with Crippen LogP contribution in [0.2, 0.25) is 5.02 Å². The maximum atomic E-state index is 12.6. The average molecular weight is 314 g/mol. The number of rotatable bonds is 3. The molecule has 1 atom stereocenters. The van der Waals surface area contributed by atoms with Gasteiger partial charge in [-0.15, -0.1) is 0 Å². The number of nitrogen functional groups attached to an aromatic ring is 1. The monoisotopic (exact) mass is 313 g/mol. The van der Waals surface area contributed by atoms with Crippen molar-refractivity contribution in [2.45, 2.75) is 24.5 Å². The van der Waals surface area contributed by atoms with Gasteiger partial charge in [0.05, 0.1) is 11.3 Å². The minimum atomic E-state index is 0.00204. The number of nitrogens with two attached hydrogens (primary N) is 1. The van der Waals surface area contributed by atoms with Crippen LogP contribution < -0.4 is 11.3 Å². The summed E-state index contributed by atoms with van der Waals surface area (Å²) < 4.78 is 0. The maximum Gasteiger partial charge on any atom is 0.256 e. The first kappa shape index (κ1) is 15.5. The van der Waals surface area contributed by atoms with Crippen LogP contribution in [0.1, 0.15) is 29.6 Å². The summed E-state index contributed by atoms with van der Waals surface area (Å²) in [5, 5.41) is 1.20. The number of likely N-dealkylation sites (tertiary alicyclic amines) is 1. The Hall–Kier alpha value is -0.910. The zero-order valence-electron chi connectivity index (χ0n) is 11.6. The zero-order chi connectivity index (χ0) is 14.5. The molecule has 1 aromatic carbocycles. The van der Waals surface area contributed by atoms with Crippen molar-refractivity contribution in [3.63, 3.8) is 0 Å². The van der Waals surface area contributed by atoms with Gasteiger partial charge in [0, 0.05) is 23.4 Å². The van der Waals surface area contributed by atoms with Crippen molar-refractivity contribution in [2.24, 2.45) is 5.84 Å². The highest BCUT2D eigenvalue weighted by Gasteiger charge is 2.23. The summed E-state index contributed by atoms with van der Waals surface area (Å²) in [7, 11) is 0. The lowest BCUT2D eigenvalue weighted by Gasteiger charge is -2.22. The number of hydrogen-bond acceptors (Lipinski definition) is 4. The first-order valence-electron chi connectivity index (χ1n) is 6.74. The molecule has 2 rings (SSSR count). The molecule has 0 spiro atoms. The van der Waals surface area contributed by atoms with Crippen molar-refractivity contribution < 1.29 is 4.79 Å². The molecule has 1 unspecified atom stereocenters. The lowest BCUT2D eigenvalue weighted by atomic mass is 10.1. The summed E-state index contributed by atoms with van der Waals surface area (Å²) in [6.07, 6.45) is 5.39. The summed E-state index contributed by atoms with van der Waals surface area (Å²) in [5.41, 5.74) is 3.73. The molecule has 110 valence electrons. The molecular weight excluding hydrogens is 294 g/mol. The highest BCUT2D eigenvalue weighted by molar-refractivity contribution is 7.99. The van der Waals surface area contributed by atoms with Gasteiger partial charge in [-0.2, -0.15) is 11.8 Å². The number of hydrazine groups is 1. The third kappa shape index (κ3) is 3.59. The van der Waals surface area contributed by atoms with Gasteiger partial charge in [-0.25, -0.2) is 0 Å². The van der Waals surface area contributed by atoms with Crippen LogP contribution in [0.4, 0.5) is 5.69 Å². The summed E-state index contributed by atoms with van der Waals surface area (Å²) in [6, 6.07) is 5.13. The fourth-order valence-electron chi connectivity index (χ4n) is 2.49. The number of amides is 1. The Labute approximate surface area is 129 Å². The van der Waals surface area contributed by atoms with Crippen LogP contribution >= 0.6 is 23.4 Å². The highest BCUT2D eigenvalue weighted by atomic mass is 35.5. The molecule has 20 heavy (non-hydrogen) atoms. The molecule has 1 saturated heterocycles. The Bertz CT molecular complexity index is 483. The Balaban J connectivity index is 2.16. The third-order valence-corrected chi connectivity index (χ3v) is 5.04. The molecule has 3 N–H and O–H groups in total. The number of nitrogens with one attached hydrogen (secondary N) is 1. The molecule has 0 saturated carbocycles. The Morgan fingerprint density at radius 2 is 2.25 bits per heavy atom. The predicted molar refractivity (Wildman–Crippen MR) is 86.3 cm³/mol. The summed E-state index contributed by atoms with van der Waals surface area (Å²) in [6.45, 7) is 1.59. The summed E-state index contributed by atoms with van der Waals surface area (Å²) in [4.78, 5) is 14.5. The van der Waals surface area contributed by atoms with Gasteiger partial charge < -0.3 is 10.3 Å². The van der Waals surface area contributed by atoms with E-state index in [0.29, 0.717) is 21.5 Å². The Morgan fingerprint density at radius 3 is 2.95 bits per heavy atom. The normalized spacial score (nSPS) is 19.6. The van der Waals surface area contributed by atoms with E-state index in [1.165, 1.54) is 6.42 Å². The van der Waals surface area contributed by atoms with E-state index in [2.05, 4.69) is 11.7 Å². The molecule has 1 aliphatic heterocycles. The van der Waals surface area contributed by atoms with Crippen molar-refractivity contribution in [3.05, 3.63) is 28.8 Å². The number of carbonyl (C=O) groups is 1. The van der Waals surface area contributed by atoms with Crippen LogP contribution in [0.25, 0.3) is 0 Å². The first-order chi connectivity index (χ1) is 9.65. The smallest absolute Gasteiger partial charge is 0.256 e. The van der Waals surface area contributed by atoms with Gasteiger partial charge >= 0.3 is 0 Å². The van der Waals surface area contributed by atoms with E-state index in [1.54, 1.807) is 18.2 Å². The van der Waals surface area contributed by atoms with Crippen LogP contribution in [0.5, 0.6) is 0 Å². The molecule has 0 aromatic heterocycles. The lowest BCUT2D eigenvalue weighted by molar-refractivity contribution is 0.0763. The average Bonchev–Trinajstić information content (AvgIpc) is 2.71. The van der Waals surface area contributed by atoms with Crippen molar-refractivity contribution in [3.8, 4) is 0 Å². The topological polar surface area (TPSA) is 58.4 Å². The summed E-state index contributed by atoms with van der Waals surface area (Å²) >= 11 is 7.88. The van der Waals surface area contributed by atoms with E-state index in [-0.39, 0.29) is 5.91 Å². The van der Waals surface area contributed by atoms with Crippen molar-refractivity contribution in [1.29, 1.82) is 0 Å². The van der Waals surface area contributed by atoms with Gasteiger partial charge in [0.1, 0.15) is 0 Å². The molecule has 0 aliphatic carbocycles. The number of anilines is 1. The largest absolute Gasteiger partial charge is 0.339 e.